The number of ether oxygens (including phenoxy) is 2. The topological polar surface area (TPSA) is 33.7 Å². The van der Waals surface area contributed by atoms with E-state index in [2.05, 4.69) is 5.32 Å². The summed E-state index contributed by atoms with van der Waals surface area (Å²) in [6.07, 6.45) is 0.663. The molecule has 0 aliphatic carbocycles. The molecule has 1 N–H and O–H groups in total. The number of rotatable bonds is 3. The lowest BCUT2D eigenvalue weighted by Gasteiger charge is -2.52. The van der Waals surface area contributed by atoms with E-state index in [1.807, 2.05) is 43.0 Å². The van der Waals surface area contributed by atoms with E-state index in [0.29, 0.717) is 23.9 Å². The van der Waals surface area contributed by atoms with Crippen molar-refractivity contribution in [1.29, 1.82) is 0 Å². The van der Waals surface area contributed by atoms with Crippen LogP contribution in [0.1, 0.15) is 31.9 Å². The Kier molecular flexibility index (Phi) is 3.80. The molecule has 25 heavy (non-hydrogen) atoms. The first-order valence-electron chi connectivity index (χ1n) is 8.32. The molecule has 1 saturated heterocycles. The van der Waals surface area contributed by atoms with Crippen molar-refractivity contribution >= 4 is 23.0 Å². The van der Waals surface area contributed by atoms with Gasteiger partial charge >= 0.3 is 0 Å². The molecule has 2 aliphatic rings. The van der Waals surface area contributed by atoms with Gasteiger partial charge < -0.3 is 14.8 Å². The molecule has 0 aromatic heterocycles. The Morgan fingerprint density at radius 2 is 2.08 bits per heavy atom. The third-order valence-corrected chi connectivity index (χ3v) is 4.94. The first kappa shape index (κ1) is 16.1. The van der Waals surface area contributed by atoms with Crippen LogP contribution in [0, 0.1) is 5.82 Å². The molecule has 0 saturated carbocycles. The zero-order valence-corrected chi connectivity index (χ0v) is 14.9. The van der Waals surface area contributed by atoms with E-state index in [1.54, 1.807) is 6.07 Å². The largest absolute Gasteiger partial charge is 0.494 e. The molecule has 2 aliphatic heterocycles. The van der Waals surface area contributed by atoms with Crippen molar-refractivity contribution in [3.63, 3.8) is 0 Å². The molecule has 0 amide bonds. The van der Waals surface area contributed by atoms with Gasteiger partial charge in [0, 0.05) is 17.7 Å². The summed E-state index contributed by atoms with van der Waals surface area (Å²) >= 11 is 5.59. The van der Waals surface area contributed by atoms with Gasteiger partial charge in [0.25, 0.3) is 0 Å². The van der Waals surface area contributed by atoms with Crippen LogP contribution in [0.2, 0.25) is 0 Å². The van der Waals surface area contributed by atoms with Gasteiger partial charge in [-0.05, 0) is 68.5 Å². The van der Waals surface area contributed by atoms with E-state index >= 15 is 0 Å². The Bertz CT molecular complexity index is 827. The fourth-order valence-electron chi connectivity index (χ4n) is 3.59. The first-order chi connectivity index (χ1) is 12.0. The molecule has 2 atom stereocenters. The highest BCUT2D eigenvalue weighted by atomic mass is 32.1. The fourth-order valence-corrected chi connectivity index (χ4v) is 4.04. The van der Waals surface area contributed by atoms with Crippen LogP contribution in [-0.2, 0) is 0 Å². The van der Waals surface area contributed by atoms with Crippen LogP contribution in [0.15, 0.2) is 42.5 Å². The minimum absolute atomic E-state index is 0.0594. The van der Waals surface area contributed by atoms with Gasteiger partial charge in [0.1, 0.15) is 17.3 Å². The summed E-state index contributed by atoms with van der Waals surface area (Å²) in [5, 5.41) is 3.89. The predicted octanol–water partition coefficient (Wildman–Crippen LogP) is 4.16. The first-order valence-corrected chi connectivity index (χ1v) is 8.73. The number of thiocarbonyl (C=S) groups is 1. The number of nitrogens with zero attached hydrogens (tertiary/aromatic N) is 1. The number of hydrogen-bond acceptors (Lipinski definition) is 3. The Morgan fingerprint density at radius 1 is 1.32 bits per heavy atom. The summed E-state index contributed by atoms with van der Waals surface area (Å²) in [6.45, 7) is 4.59. The van der Waals surface area contributed by atoms with Gasteiger partial charge in [-0.15, -0.1) is 0 Å². The maximum atomic E-state index is 13.6. The normalized spacial score (nSPS) is 24.2. The Hall–Kier alpha value is -2.34. The van der Waals surface area contributed by atoms with Crippen molar-refractivity contribution in [1.82, 2.24) is 5.32 Å². The molecule has 4 nitrogen and oxygen atoms in total. The van der Waals surface area contributed by atoms with Crippen LogP contribution in [-0.4, -0.2) is 17.4 Å². The third kappa shape index (κ3) is 2.70. The van der Waals surface area contributed by atoms with Crippen molar-refractivity contribution in [3.05, 3.63) is 53.8 Å². The molecule has 2 bridgehead atoms. The van der Waals surface area contributed by atoms with E-state index in [-0.39, 0.29) is 11.9 Å². The second-order valence-electron chi connectivity index (χ2n) is 6.43. The monoisotopic (exact) mass is 358 g/mol. The van der Waals surface area contributed by atoms with E-state index < -0.39 is 5.72 Å². The Balaban J connectivity index is 1.71. The molecule has 2 heterocycles. The zero-order chi connectivity index (χ0) is 17.6. The van der Waals surface area contributed by atoms with Crippen LogP contribution in [0.5, 0.6) is 11.5 Å². The van der Waals surface area contributed by atoms with E-state index in [1.165, 1.54) is 12.1 Å². The molecule has 130 valence electrons. The average molecular weight is 358 g/mol. The minimum Gasteiger partial charge on any atom is -0.494 e. The number of nitrogens with one attached hydrogen (secondary N) is 1. The predicted molar refractivity (Wildman–Crippen MR) is 98.6 cm³/mol. The van der Waals surface area contributed by atoms with Gasteiger partial charge in [0.05, 0.1) is 12.6 Å². The van der Waals surface area contributed by atoms with Gasteiger partial charge in [-0.1, -0.05) is 0 Å². The van der Waals surface area contributed by atoms with Crippen LogP contribution < -0.4 is 19.7 Å². The van der Waals surface area contributed by atoms with Crippen molar-refractivity contribution in [3.8, 4) is 11.5 Å². The molecule has 2 aromatic rings. The number of halogens is 1. The maximum absolute atomic E-state index is 13.6. The van der Waals surface area contributed by atoms with E-state index in [9.17, 15) is 4.39 Å². The highest BCUT2D eigenvalue weighted by molar-refractivity contribution is 7.80. The summed E-state index contributed by atoms with van der Waals surface area (Å²) in [5.74, 6) is 1.23. The molecule has 4 rings (SSSR count). The summed E-state index contributed by atoms with van der Waals surface area (Å²) in [5.41, 5.74) is 1.10. The highest BCUT2D eigenvalue weighted by Gasteiger charge is 2.48. The smallest absolute Gasteiger partial charge is 0.188 e. The lowest BCUT2D eigenvalue weighted by atomic mass is 9.90. The molecule has 2 aromatic carbocycles. The summed E-state index contributed by atoms with van der Waals surface area (Å²) < 4.78 is 25.4. The molecule has 0 spiro atoms. The Morgan fingerprint density at radius 3 is 2.80 bits per heavy atom. The van der Waals surface area contributed by atoms with E-state index in [0.717, 1.165) is 17.0 Å². The summed E-state index contributed by atoms with van der Waals surface area (Å²) in [7, 11) is 0. The van der Waals surface area contributed by atoms with Crippen LogP contribution in [0.3, 0.4) is 0 Å². The number of anilines is 1. The molecule has 0 radical (unpaired) electrons. The number of hydrogen-bond donors (Lipinski definition) is 1. The number of fused-ring (bicyclic) bond motifs is 4. The summed E-state index contributed by atoms with van der Waals surface area (Å²) in [6, 6.07) is 12.3. The Labute approximate surface area is 151 Å². The van der Waals surface area contributed by atoms with Gasteiger partial charge in [0.15, 0.2) is 10.8 Å². The SMILES string of the molecule is CCOc1ccc(N2C(=S)N[C@@H]3C[C@@]2(C)Oc2ccc(F)cc23)cc1. The van der Waals surface area contributed by atoms with Gasteiger partial charge in [0.2, 0.25) is 0 Å². The summed E-state index contributed by atoms with van der Waals surface area (Å²) in [4.78, 5) is 1.97. The van der Waals surface area contributed by atoms with Crippen LogP contribution in [0.25, 0.3) is 0 Å². The fraction of sp³-hybridized carbons (Fsp3) is 0.316. The van der Waals surface area contributed by atoms with Crippen molar-refractivity contribution in [2.24, 2.45) is 0 Å². The highest BCUT2D eigenvalue weighted by Crippen LogP contribution is 2.45. The zero-order valence-electron chi connectivity index (χ0n) is 14.1. The quantitative estimate of drug-likeness (QED) is 0.834. The molecule has 6 heteroatoms. The second-order valence-corrected chi connectivity index (χ2v) is 6.81. The minimum atomic E-state index is -0.634. The molecular weight excluding hydrogens is 339 g/mol. The molecule has 0 unspecified atom stereocenters. The van der Waals surface area contributed by atoms with Gasteiger partial charge in [-0.2, -0.15) is 0 Å². The van der Waals surface area contributed by atoms with E-state index in [4.69, 9.17) is 21.7 Å². The van der Waals surface area contributed by atoms with Gasteiger partial charge in [-0.3, -0.25) is 4.90 Å². The van der Waals surface area contributed by atoms with Crippen molar-refractivity contribution in [2.45, 2.75) is 32.0 Å². The lowest BCUT2D eigenvalue weighted by molar-refractivity contribution is 0.0495. The average Bonchev–Trinajstić information content (AvgIpc) is 2.57. The third-order valence-electron chi connectivity index (χ3n) is 4.64. The second kappa shape index (κ2) is 5.88. The van der Waals surface area contributed by atoms with Gasteiger partial charge in [-0.25, -0.2) is 4.39 Å². The number of benzene rings is 2. The van der Waals surface area contributed by atoms with Crippen LogP contribution >= 0.6 is 12.2 Å². The maximum Gasteiger partial charge on any atom is 0.188 e. The van der Waals surface area contributed by atoms with Crippen molar-refractivity contribution < 1.29 is 13.9 Å². The van der Waals surface area contributed by atoms with Crippen LogP contribution in [0.4, 0.5) is 10.1 Å². The standard InChI is InChI=1S/C19H19FN2O2S/c1-3-23-14-7-5-13(6-8-14)22-18(25)21-16-11-19(22,2)24-17-9-4-12(20)10-15(16)17/h4-10,16H,3,11H2,1-2H3,(H,21,25)/t16-,19-/m1/s1. The molecule has 1 fully saturated rings. The lowest BCUT2D eigenvalue weighted by Crippen LogP contribution is -2.65. The molecular formula is C19H19FN2O2S. The van der Waals surface area contributed by atoms with Crippen molar-refractivity contribution in [2.75, 3.05) is 11.5 Å².